The molecule has 0 aromatic rings. The Balaban J connectivity index is 2.72. The van der Waals surface area contributed by atoms with Crippen molar-refractivity contribution in [1.82, 2.24) is 0 Å². The zero-order chi connectivity index (χ0) is 9.14. The monoisotopic (exact) mass is 168 g/mol. The fourth-order valence-corrected chi connectivity index (χ4v) is 1.66. The maximum absolute atomic E-state index is 8.64. The van der Waals surface area contributed by atoms with Crippen molar-refractivity contribution in [2.75, 3.05) is 0 Å². The third kappa shape index (κ3) is 1.96. The summed E-state index contributed by atoms with van der Waals surface area (Å²) in [7, 11) is 0. The van der Waals surface area contributed by atoms with Crippen LogP contribution in [0.2, 0.25) is 0 Å². The quantitative estimate of drug-likeness (QED) is 0.390. The van der Waals surface area contributed by atoms with Crippen LogP contribution in [-0.2, 0) is 4.89 Å². The van der Waals surface area contributed by atoms with Gasteiger partial charge < -0.3 is 0 Å². The van der Waals surface area contributed by atoms with Crippen LogP contribution in [0.3, 0.4) is 0 Å². The maximum Gasteiger partial charge on any atom is 0.118 e. The average molecular weight is 168 g/mol. The summed E-state index contributed by atoms with van der Waals surface area (Å²) in [5.74, 6) is 0.277. The van der Waals surface area contributed by atoms with Gasteiger partial charge in [-0.05, 0) is 26.7 Å². The van der Waals surface area contributed by atoms with E-state index in [1.54, 1.807) is 0 Å². The van der Waals surface area contributed by atoms with Crippen LogP contribution in [0.15, 0.2) is 23.8 Å². The summed E-state index contributed by atoms with van der Waals surface area (Å²) in [6, 6.07) is 0. The molecule has 1 rings (SSSR count). The first-order valence-corrected chi connectivity index (χ1v) is 4.28. The lowest BCUT2D eigenvalue weighted by Gasteiger charge is -2.27. The van der Waals surface area contributed by atoms with Crippen molar-refractivity contribution < 1.29 is 10.1 Å². The molecule has 0 fully saturated rings. The van der Waals surface area contributed by atoms with Crippen molar-refractivity contribution in [2.45, 2.75) is 32.8 Å². The molecule has 0 radical (unpaired) electrons. The van der Waals surface area contributed by atoms with Crippen LogP contribution in [0.5, 0.6) is 0 Å². The van der Waals surface area contributed by atoms with E-state index in [1.165, 1.54) is 5.57 Å². The van der Waals surface area contributed by atoms with Gasteiger partial charge in [0.05, 0.1) is 0 Å². The predicted octanol–water partition coefficient (Wildman–Crippen LogP) is 2.78. The third-order valence-corrected chi connectivity index (χ3v) is 2.45. The summed E-state index contributed by atoms with van der Waals surface area (Å²) >= 11 is 0. The van der Waals surface area contributed by atoms with E-state index in [2.05, 4.69) is 18.4 Å². The lowest BCUT2D eigenvalue weighted by atomic mass is 9.84. The molecule has 0 aliphatic heterocycles. The van der Waals surface area contributed by atoms with Crippen molar-refractivity contribution in [3.63, 3.8) is 0 Å². The van der Waals surface area contributed by atoms with Crippen molar-refractivity contribution in [2.24, 2.45) is 5.92 Å². The minimum Gasteiger partial charge on any atom is -0.251 e. The first kappa shape index (κ1) is 9.49. The molecular formula is C10H16O2. The van der Waals surface area contributed by atoms with E-state index >= 15 is 0 Å². The normalized spacial score (nSPS) is 29.8. The van der Waals surface area contributed by atoms with E-state index in [0.717, 1.165) is 18.4 Å². The topological polar surface area (TPSA) is 29.5 Å². The molecule has 2 unspecified atom stereocenters. The minimum absolute atomic E-state index is 0.184. The molecular weight excluding hydrogens is 152 g/mol. The molecule has 2 heteroatoms. The van der Waals surface area contributed by atoms with E-state index in [-0.39, 0.29) is 12.0 Å². The van der Waals surface area contributed by atoms with Gasteiger partial charge in [-0.25, -0.2) is 4.89 Å². The zero-order valence-corrected chi connectivity index (χ0v) is 7.71. The fourth-order valence-electron chi connectivity index (χ4n) is 1.66. The fraction of sp³-hybridized carbons (Fsp3) is 0.600. The zero-order valence-electron chi connectivity index (χ0n) is 7.71. The van der Waals surface area contributed by atoms with E-state index in [0.29, 0.717) is 0 Å². The van der Waals surface area contributed by atoms with Crippen molar-refractivity contribution in [3.05, 3.63) is 23.8 Å². The highest BCUT2D eigenvalue weighted by molar-refractivity contribution is 5.15. The summed E-state index contributed by atoms with van der Waals surface area (Å²) < 4.78 is 0. The van der Waals surface area contributed by atoms with Crippen LogP contribution < -0.4 is 0 Å². The van der Waals surface area contributed by atoms with Gasteiger partial charge in [-0.3, -0.25) is 5.26 Å². The van der Waals surface area contributed by atoms with Gasteiger partial charge >= 0.3 is 0 Å². The van der Waals surface area contributed by atoms with Gasteiger partial charge in [0.2, 0.25) is 0 Å². The summed E-state index contributed by atoms with van der Waals surface area (Å²) in [6.45, 7) is 7.92. The lowest BCUT2D eigenvalue weighted by molar-refractivity contribution is -0.275. The van der Waals surface area contributed by atoms with E-state index in [1.807, 2.05) is 13.0 Å². The first-order chi connectivity index (χ1) is 5.65. The SMILES string of the molecule is C=C(C)C1CCC(C)=CC1OO. The number of allylic oxidation sites excluding steroid dienone is 1. The predicted molar refractivity (Wildman–Crippen MR) is 48.8 cm³/mol. The molecule has 2 atom stereocenters. The van der Waals surface area contributed by atoms with Crippen LogP contribution in [0.1, 0.15) is 26.7 Å². The molecule has 0 saturated heterocycles. The van der Waals surface area contributed by atoms with E-state index in [4.69, 9.17) is 5.26 Å². The smallest absolute Gasteiger partial charge is 0.118 e. The molecule has 12 heavy (non-hydrogen) atoms. The van der Waals surface area contributed by atoms with Gasteiger partial charge in [-0.15, -0.1) is 0 Å². The number of hydrogen-bond acceptors (Lipinski definition) is 2. The van der Waals surface area contributed by atoms with Crippen LogP contribution in [-0.4, -0.2) is 11.4 Å². The van der Waals surface area contributed by atoms with Gasteiger partial charge in [-0.1, -0.05) is 23.8 Å². The van der Waals surface area contributed by atoms with Crippen LogP contribution in [0.25, 0.3) is 0 Å². The Morgan fingerprint density at radius 2 is 2.42 bits per heavy atom. The number of hydrogen-bond donors (Lipinski definition) is 1. The van der Waals surface area contributed by atoms with Crippen molar-refractivity contribution in [3.8, 4) is 0 Å². The molecule has 0 saturated carbocycles. The van der Waals surface area contributed by atoms with Crippen LogP contribution in [0, 0.1) is 5.92 Å². The molecule has 68 valence electrons. The molecule has 1 aliphatic carbocycles. The molecule has 0 bridgehead atoms. The standard InChI is InChI=1S/C10H16O2/c1-7(2)9-5-4-8(3)6-10(9)12-11/h6,9-11H,1,4-5H2,2-3H3. The van der Waals surface area contributed by atoms with Gasteiger partial charge in [0.1, 0.15) is 6.10 Å². The highest BCUT2D eigenvalue weighted by atomic mass is 17.1. The van der Waals surface area contributed by atoms with E-state index in [9.17, 15) is 0 Å². The average Bonchev–Trinajstić information content (AvgIpc) is 2.03. The molecule has 1 aliphatic rings. The Morgan fingerprint density at radius 3 is 2.92 bits per heavy atom. The summed E-state index contributed by atoms with van der Waals surface area (Å²) in [5, 5.41) is 8.64. The molecule has 0 aromatic heterocycles. The molecule has 2 nitrogen and oxygen atoms in total. The van der Waals surface area contributed by atoms with Gasteiger partial charge in [0.15, 0.2) is 0 Å². The second-order valence-electron chi connectivity index (χ2n) is 3.57. The third-order valence-electron chi connectivity index (χ3n) is 2.45. The Kier molecular flexibility index (Phi) is 3.06. The summed E-state index contributed by atoms with van der Waals surface area (Å²) in [5.41, 5.74) is 2.37. The Labute approximate surface area is 73.5 Å². The minimum atomic E-state index is -0.184. The Hall–Kier alpha value is -0.600. The van der Waals surface area contributed by atoms with Gasteiger partial charge in [0, 0.05) is 5.92 Å². The molecule has 0 aromatic carbocycles. The largest absolute Gasteiger partial charge is 0.251 e. The highest BCUT2D eigenvalue weighted by Crippen LogP contribution is 2.29. The molecule has 1 N–H and O–H groups in total. The Morgan fingerprint density at radius 1 is 1.75 bits per heavy atom. The summed E-state index contributed by atoms with van der Waals surface area (Å²) in [4.78, 5) is 4.40. The molecule has 0 spiro atoms. The van der Waals surface area contributed by atoms with E-state index < -0.39 is 0 Å². The number of rotatable bonds is 2. The van der Waals surface area contributed by atoms with Gasteiger partial charge in [-0.2, -0.15) is 0 Å². The maximum atomic E-state index is 8.64. The van der Waals surface area contributed by atoms with Gasteiger partial charge in [0.25, 0.3) is 0 Å². The summed E-state index contributed by atoms with van der Waals surface area (Å²) in [6.07, 6.45) is 3.90. The van der Waals surface area contributed by atoms with Crippen LogP contribution in [0.4, 0.5) is 0 Å². The van der Waals surface area contributed by atoms with Crippen LogP contribution >= 0.6 is 0 Å². The first-order valence-electron chi connectivity index (χ1n) is 4.28. The second kappa shape index (κ2) is 3.87. The highest BCUT2D eigenvalue weighted by Gasteiger charge is 2.24. The molecule has 0 amide bonds. The molecule has 0 heterocycles. The second-order valence-corrected chi connectivity index (χ2v) is 3.57. The van der Waals surface area contributed by atoms with Crippen molar-refractivity contribution >= 4 is 0 Å². The van der Waals surface area contributed by atoms with Crippen molar-refractivity contribution in [1.29, 1.82) is 0 Å². The lowest BCUT2D eigenvalue weighted by Crippen LogP contribution is -2.25. The Bertz CT molecular complexity index is 206.